The van der Waals surface area contributed by atoms with Crippen molar-refractivity contribution in [3.05, 3.63) is 0 Å². The fourth-order valence-corrected chi connectivity index (χ4v) is 3.17. The Morgan fingerprint density at radius 1 is 1.29 bits per heavy atom. The van der Waals surface area contributed by atoms with Gasteiger partial charge in [0.15, 0.2) is 0 Å². The fraction of sp³-hybridized carbons (Fsp3) is 0.846. The maximum absolute atomic E-state index is 12.8. The summed E-state index contributed by atoms with van der Waals surface area (Å²) in [5, 5.41) is 9.02. The smallest absolute Gasteiger partial charge is 0.391 e. The zero-order valence-electron chi connectivity index (χ0n) is 11.5. The molecule has 0 aromatic rings. The molecule has 1 aliphatic heterocycles. The van der Waals surface area contributed by atoms with E-state index in [2.05, 4.69) is 0 Å². The van der Waals surface area contributed by atoms with Crippen LogP contribution in [-0.4, -0.2) is 46.7 Å². The van der Waals surface area contributed by atoms with E-state index in [9.17, 15) is 22.8 Å². The number of hydrogen-bond acceptors (Lipinski definition) is 3. The summed E-state index contributed by atoms with van der Waals surface area (Å²) in [6.45, 7) is 0.0587. The van der Waals surface area contributed by atoms with Crippen LogP contribution in [0.1, 0.15) is 32.1 Å². The maximum atomic E-state index is 12.8. The number of carbonyl (C=O) groups excluding carboxylic acids is 1. The Kier molecular flexibility index (Phi) is 4.19. The molecule has 2 rings (SSSR count). The van der Waals surface area contributed by atoms with E-state index < -0.39 is 35.4 Å². The van der Waals surface area contributed by atoms with E-state index in [0.717, 1.165) is 0 Å². The van der Waals surface area contributed by atoms with Crippen LogP contribution in [0, 0.1) is 11.8 Å². The molecule has 0 spiro atoms. The zero-order valence-corrected chi connectivity index (χ0v) is 11.5. The van der Waals surface area contributed by atoms with Crippen LogP contribution in [0.4, 0.5) is 13.2 Å². The molecule has 0 radical (unpaired) electrons. The van der Waals surface area contributed by atoms with E-state index in [1.54, 1.807) is 0 Å². The average molecular weight is 308 g/mol. The molecule has 3 N–H and O–H groups in total. The third-order valence-electron chi connectivity index (χ3n) is 4.52. The van der Waals surface area contributed by atoms with Crippen molar-refractivity contribution in [2.45, 2.75) is 43.8 Å². The summed E-state index contributed by atoms with van der Waals surface area (Å²) in [4.78, 5) is 24.6. The van der Waals surface area contributed by atoms with Crippen molar-refractivity contribution in [3.63, 3.8) is 0 Å². The van der Waals surface area contributed by atoms with Crippen LogP contribution < -0.4 is 5.73 Å². The third kappa shape index (κ3) is 3.30. The van der Waals surface area contributed by atoms with Crippen LogP contribution in [0.25, 0.3) is 0 Å². The molecule has 0 bridgehead atoms. The molecule has 1 saturated heterocycles. The van der Waals surface area contributed by atoms with Gasteiger partial charge in [-0.05, 0) is 25.7 Å². The highest BCUT2D eigenvalue weighted by atomic mass is 19.4. The molecular formula is C13H19F3N2O3. The first-order valence-corrected chi connectivity index (χ1v) is 7.01. The van der Waals surface area contributed by atoms with E-state index in [-0.39, 0.29) is 32.4 Å². The number of carbonyl (C=O) groups is 2. The summed E-state index contributed by atoms with van der Waals surface area (Å²) >= 11 is 0. The fourth-order valence-electron chi connectivity index (χ4n) is 3.17. The third-order valence-corrected chi connectivity index (χ3v) is 4.52. The SMILES string of the molecule is NC1(C(=O)O)CCN(C(=O)C2CCCC(C(F)(F)F)C2)C1. The Labute approximate surface area is 120 Å². The average Bonchev–Trinajstić information content (AvgIpc) is 2.81. The first-order valence-electron chi connectivity index (χ1n) is 7.01. The number of alkyl halides is 3. The first kappa shape index (κ1) is 16.1. The normalized spacial score (nSPS) is 34.0. The largest absolute Gasteiger partial charge is 0.480 e. The Hall–Kier alpha value is -1.31. The molecule has 1 heterocycles. The van der Waals surface area contributed by atoms with Crippen LogP contribution in [0.15, 0.2) is 0 Å². The Balaban J connectivity index is 1.99. The number of nitrogens with two attached hydrogens (primary N) is 1. The van der Waals surface area contributed by atoms with Gasteiger partial charge in [-0.3, -0.25) is 9.59 Å². The van der Waals surface area contributed by atoms with Crippen LogP contribution in [0.2, 0.25) is 0 Å². The lowest BCUT2D eigenvalue weighted by Crippen LogP contribution is -2.51. The summed E-state index contributed by atoms with van der Waals surface area (Å²) in [6, 6.07) is 0. The predicted molar refractivity (Wildman–Crippen MR) is 67.3 cm³/mol. The van der Waals surface area contributed by atoms with Crippen molar-refractivity contribution in [3.8, 4) is 0 Å². The number of aliphatic carboxylic acids is 1. The van der Waals surface area contributed by atoms with Gasteiger partial charge in [0.2, 0.25) is 5.91 Å². The van der Waals surface area contributed by atoms with Crippen LogP contribution in [0.5, 0.6) is 0 Å². The summed E-state index contributed by atoms with van der Waals surface area (Å²) in [6.07, 6.45) is -3.51. The highest BCUT2D eigenvalue weighted by molar-refractivity contribution is 5.84. The van der Waals surface area contributed by atoms with Gasteiger partial charge in [-0.1, -0.05) is 6.42 Å². The van der Waals surface area contributed by atoms with E-state index >= 15 is 0 Å². The van der Waals surface area contributed by atoms with Crippen molar-refractivity contribution in [2.75, 3.05) is 13.1 Å². The summed E-state index contributed by atoms with van der Waals surface area (Å²) in [5.74, 6) is -3.70. The molecule has 3 atom stereocenters. The second kappa shape index (κ2) is 5.47. The monoisotopic (exact) mass is 308 g/mol. The van der Waals surface area contributed by atoms with E-state index in [4.69, 9.17) is 10.8 Å². The zero-order chi connectivity index (χ0) is 15.8. The number of halogens is 3. The van der Waals surface area contributed by atoms with Gasteiger partial charge in [0.05, 0.1) is 5.92 Å². The number of likely N-dealkylation sites (tertiary alicyclic amines) is 1. The number of hydrogen-bond donors (Lipinski definition) is 2. The van der Waals surface area contributed by atoms with Crippen molar-refractivity contribution >= 4 is 11.9 Å². The lowest BCUT2D eigenvalue weighted by atomic mass is 9.80. The van der Waals surface area contributed by atoms with Crippen molar-refractivity contribution in [1.29, 1.82) is 0 Å². The molecule has 1 amide bonds. The van der Waals surface area contributed by atoms with Gasteiger partial charge in [-0.2, -0.15) is 13.2 Å². The molecule has 0 aromatic heterocycles. The summed E-state index contributed by atoms with van der Waals surface area (Å²) in [7, 11) is 0. The molecule has 120 valence electrons. The topological polar surface area (TPSA) is 83.6 Å². The van der Waals surface area contributed by atoms with Crippen molar-refractivity contribution in [1.82, 2.24) is 4.90 Å². The number of rotatable bonds is 2. The lowest BCUT2D eigenvalue weighted by molar-refractivity contribution is -0.187. The number of carboxylic acids is 1. The van der Waals surface area contributed by atoms with Gasteiger partial charge in [-0.15, -0.1) is 0 Å². The van der Waals surface area contributed by atoms with Gasteiger partial charge >= 0.3 is 12.1 Å². The molecule has 0 aromatic carbocycles. The molecular weight excluding hydrogens is 289 g/mol. The van der Waals surface area contributed by atoms with Gasteiger partial charge < -0.3 is 15.7 Å². The van der Waals surface area contributed by atoms with Crippen LogP contribution in [-0.2, 0) is 9.59 Å². The summed E-state index contributed by atoms with van der Waals surface area (Å²) in [5.41, 5.74) is 4.20. The molecule has 21 heavy (non-hydrogen) atoms. The summed E-state index contributed by atoms with van der Waals surface area (Å²) < 4.78 is 38.3. The van der Waals surface area contributed by atoms with Crippen LogP contribution >= 0.6 is 0 Å². The minimum atomic E-state index is -4.28. The molecule has 5 nitrogen and oxygen atoms in total. The minimum Gasteiger partial charge on any atom is -0.480 e. The molecule has 1 aliphatic carbocycles. The molecule has 8 heteroatoms. The van der Waals surface area contributed by atoms with Gasteiger partial charge in [-0.25, -0.2) is 0 Å². The first-order chi connectivity index (χ1) is 9.63. The minimum absolute atomic E-state index is 0.0588. The number of amides is 1. The lowest BCUT2D eigenvalue weighted by Gasteiger charge is -2.32. The molecule has 2 aliphatic rings. The standard InChI is InChI=1S/C13H19F3N2O3/c14-13(15,16)9-3-1-2-8(6-9)10(19)18-5-4-12(17,7-18)11(20)21/h8-9H,1-7,17H2,(H,20,21). The predicted octanol–water partition coefficient (Wildman–Crippen LogP) is 1.37. The van der Waals surface area contributed by atoms with Crippen LogP contribution in [0.3, 0.4) is 0 Å². The maximum Gasteiger partial charge on any atom is 0.391 e. The van der Waals surface area contributed by atoms with Gasteiger partial charge in [0.1, 0.15) is 5.54 Å². The Morgan fingerprint density at radius 3 is 2.48 bits per heavy atom. The molecule has 3 unspecified atom stereocenters. The Bertz CT molecular complexity index is 441. The van der Waals surface area contributed by atoms with Gasteiger partial charge in [0, 0.05) is 19.0 Å². The number of carboxylic acid groups (broad SMARTS) is 1. The quantitative estimate of drug-likeness (QED) is 0.807. The second-order valence-electron chi connectivity index (χ2n) is 6.07. The molecule has 2 fully saturated rings. The number of nitrogens with zero attached hydrogens (tertiary/aromatic N) is 1. The Morgan fingerprint density at radius 2 is 1.95 bits per heavy atom. The molecule has 1 saturated carbocycles. The van der Waals surface area contributed by atoms with E-state index in [0.29, 0.717) is 12.8 Å². The second-order valence-corrected chi connectivity index (χ2v) is 6.07. The van der Waals surface area contributed by atoms with Gasteiger partial charge in [0.25, 0.3) is 0 Å². The highest BCUT2D eigenvalue weighted by Gasteiger charge is 2.47. The van der Waals surface area contributed by atoms with Crippen molar-refractivity contribution < 1.29 is 27.9 Å². The van der Waals surface area contributed by atoms with E-state index in [1.165, 1.54) is 4.90 Å². The van der Waals surface area contributed by atoms with E-state index in [1.807, 2.05) is 0 Å². The highest BCUT2D eigenvalue weighted by Crippen LogP contribution is 2.40. The van der Waals surface area contributed by atoms with Crippen molar-refractivity contribution in [2.24, 2.45) is 17.6 Å².